The molecule has 0 amide bonds. The minimum atomic E-state index is -5.08. The van der Waals surface area contributed by atoms with Crippen LogP contribution in [-0.4, -0.2) is 76.5 Å². The third-order valence-electron chi connectivity index (χ3n) is 6.15. The molecule has 30 heavy (non-hydrogen) atoms. The molecule has 3 saturated heterocycles. The summed E-state index contributed by atoms with van der Waals surface area (Å²) in [4.78, 5) is 22.9. The normalized spacial score (nSPS) is 24.0. The zero-order valence-electron chi connectivity index (χ0n) is 17.2. The number of hydrogen-bond acceptors (Lipinski definition) is 6. The summed E-state index contributed by atoms with van der Waals surface area (Å²) in [7, 11) is 0. The standard InChI is InChI=1S/C18H28N4O.C2HF3O2/c1-2-15-12-19-17(20-13-15)22-9-5-18(6-10-22)11-16(14-23-18)21-7-3-4-8-21;3-2(4,5)1(6)7/h12-13,16H,2-11,14H2,1H3;(H,6,7). The van der Waals surface area contributed by atoms with Gasteiger partial charge in [0.25, 0.3) is 0 Å². The molecule has 0 aliphatic carbocycles. The summed E-state index contributed by atoms with van der Waals surface area (Å²) in [5.74, 6) is -1.88. The quantitative estimate of drug-likeness (QED) is 0.790. The largest absolute Gasteiger partial charge is 0.490 e. The summed E-state index contributed by atoms with van der Waals surface area (Å²) in [6.45, 7) is 7.64. The second-order valence-corrected chi connectivity index (χ2v) is 8.13. The van der Waals surface area contributed by atoms with Gasteiger partial charge >= 0.3 is 12.1 Å². The second-order valence-electron chi connectivity index (χ2n) is 8.13. The van der Waals surface area contributed by atoms with Crippen LogP contribution in [0.2, 0.25) is 0 Å². The van der Waals surface area contributed by atoms with Crippen LogP contribution in [0.5, 0.6) is 0 Å². The number of carboxylic acid groups (broad SMARTS) is 1. The van der Waals surface area contributed by atoms with E-state index in [0.717, 1.165) is 44.9 Å². The smallest absolute Gasteiger partial charge is 0.475 e. The first kappa shape index (κ1) is 22.7. The molecule has 3 aliphatic heterocycles. The maximum atomic E-state index is 10.6. The van der Waals surface area contributed by atoms with Gasteiger partial charge in [0.2, 0.25) is 5.95 Å². The molecule has 3 aliphatic rings. The van der Waals surface area contributed by atoms with Crippen molar-refractivity contribution < 1.29 is 27.8 Å². The van der Waals surface area contributed by atoms with Crippen LogP contribution in [0.25, 0.3) is 0 Å². The molecule has 4 rings (SSSR count). The van der Waals surface area contributed by atoms with Crippen molar-refractivity contribution in [3.05, 3.63) is 18.0 Å². The van der Waals surface area contributed by atoms with E-state index in [1.54, 1.807) is 0 Å². The van der Waals surface area contributed by atoms with Gasteiger partial charge in [0.15, 0.2) is 0 Å². The Hall–Kier alpha value is -1.94. The molecular formula is C20H29F3N4O3. The van der Waals surface area contributed by atoms with E-state index in [1.165, 1.54) is 37.9 Å². The van der Waals surface area contributed by atoms with Crippen molar-refractivity contribution >= 4 is 11.9 Å². The van der Waals surface area contributed by atoms with E-state index in [4.69, 9.17) is 14.6 Å². The Morgan fingerprint density at radius 1 is 1.20 bits per heavy atom. The van der Waals surface area contributed by atoms with Gasteiger partial charge in [0, 0.05) is 31.5 Å². The van der Waals surface area contributed by atoms with Gasteiger partial charge in [0.1, 0.15) is 0 Å². The predicted octanol–water partition coefficient (Wildman–Crippen LogP) is 2.90. The van der Waals surface area contributed by atoms with Crippen LogP contribution in [0, 0.1) is 0 Å². The highest BCUT2D eigenvalue weighted by molar-refractivity contribution is 5.73. The number of piperidine rings is 1. The van der Waals surface area contributed by atoms with Gasteiger partial charge in [-0.1, -0.05) is 6.92 Å². The third-order valence-corrected chi connectivity index (χ3v) is 6.15. The maximum absolute atomic E-state index is 10.6. The topological polar surface area (TPSA) is 78.8 Å². The van der Waals surface area contributed by atoms with Crippen LogP contribution in [0.1, 0.15) is 44.6 Å². The Labute approximate surface area is 174 Å². The van der Waals surface area contributed by atoms with E-state index < -0.39 is 12.1 Å². The van der Waals surface area contributed by atoms with Crippen LogP contribution in [0.4, 0.5) is 19.1 Å². The lowest BCUT2D eigenvalue weighted by molar-refractivity contribution is -0.192. The summed E-state index contributed by atoms with van der Waals surface area (Å²) in [5, 5.41) is 7.12. The van der Waals surface area contributed by atoms with Crippen LogP contribution < -0.4 is 4.90 Å². The Kier molecular flexibility index (Phi) is 7.18. The van der Waals surface area contributed by atoms with Gasteiger partial charge in [-0.2, -0.15) is 13.2 Å². The zero-order valence-corrected chi connectivity index (χ0v) is 17.2. The fourth-order valence-corrected chi connectivity index (χ4v) is 4.32. The van der Waals surface area contributed by atoms with E-state index in [0.29, 0.717) is 6.04 Å². The number of likely N-dealkylation sites (tertiary alicyclic amines) is 1. The van der Waals surface area contributed by atoms with Crippen LogP contribution in [-0.2, 0) is 16.0 Å². The molecule has 10 heteroatoms. The highest BCUT2D eigenvalue weighted by Gasteiger charge is 2.45. The SMILES string of the molecule is CCc1cnc(N2CCC3(CC2)CC(N2CCCC2)CO3)nc1.O=C(O)C(F)(F)F. The first-order valence-electron chi connectivity index (χ1n) is 10.5. The predicted molar refractivity (Wildman–Crippen MR) is 104 cm³/mol. The fraction of sp³-hybridized carbons (Fsp3) is 0.750. The Morgan fingerprint density at radius 2 is 1.77 bits per heavy atom. The van der Waals surface area contributed by atoms with Crippen molar-refractivity contribution in [2.75, 3.05) is 37.7 Å². The number of aromatic nitrogens is 2. The summed E-state index contributed by atoms with van der Waals surface area (Å²) < 4.78 is 38.1. The molecule has 1 unspecified atom stereocenters. The number of anilines is 1. The van der Waals surface area contributed by atoms with Gasteiger partial charge in [-0.15, -0.1) is 0 Å². The summed E-state index contributed by atoms with van der Waals surface area (Å²) >= 11 is 0. The number of aliphatic carboxylic acids is 1. The number of ether oxygens (including phenoxy) is 1. The van der Waals surface area contributed by atoms with Crippen molar-refractivity contribution in [2.24, 2.45) is 0 Å². The van der Waals surface area contributed by atoms with E-state index in [2.05, 4.69) is 26.7 Å². The molecule has 1 N–H and O–H groups in total. The van der Waals surface area contributed by atoms with E-state index in [9.17, 15) is 13.2 Å². The van der Waals surface area contributed by atoms with Crippen molar-refractivity contribution in [2.45, 2.75) is 63.3 Å². The number of aryl methyl sites for hydroxylation is 1. The van der Waals surface area contributed by atoms with E-state index >= 15 is 0 Å². The zero-order chi connectivity index (χ0) is 21.8. The number of nitrogens with zero attached hydrogens (tertiary/aromatic N) is 4. The van der Waals surface area contributed by atoms with Crippen molar-refractivity contribution in [3.8, 4) is 0 Å². The number of hydrogen-bond donors (Lipinski definition) is 1. The van der Waals surface area contributed by atoms with Gasteiger partial charge in [-0.25, -0.2) is 14.8 Å². The molecule has 3 fully saturated rings. The first-order chi connectivity index (χ1) is 14.2. The van der Waals surface area contributed by atoms with Crippen LogP contribution in [0.15, 0.2) is 12.4 Å². The average Bonchev–Trinajstić information content (AvgIpc) is 3.39. The number of carboxylic acids is 1. The van der Waals surface area contributed by atoms with Crippen LogP contribution >= 0.6 is 0 Å². The highest BCUT2D eigenvalue weighted by Crippen LogP contribution is 2.38. The molecule has 0 aromatic carbocycles. The van der Waals surface area contributed by atoms with Gasteiger partial charge in [0.05, 0.1) is 12.2 Å². The van der Waals surface area contributed by atoms with Gasteiger partial charge in [-0.3, -0.25) is 4.90 Å². The lowest BCUT2D eigenvalue weighted by Gasteiger charge is -2.39. The molecule has 1 aromatic rings. The lowest BCUT2D eigenvalue weighted by atomic mass is 9.87. The number of alkyl halides is 3. The van der Waals surface area contributed by atoms with Gasteiger partial charge < -0.3 is 14.7 Å². The maximum Gasteiger partial charge on any atom is 0.490 e. The molecule has 0 bridgehead atoms. The van der Waals surface area contributed by atoms with Crippen molar-refractivity contribution in [1.29, 1.82) is 0 Å². The minimum absolute atomic E-state index is 0.118. The van der Waals surface area contributed by atoms with Crippen molar-refractivity contribution in [1.82, 2.24) is 14.9 Å². The lowest BCUT2D eigenvalue weighted by Crippen LogP contribution is -2.45. The average molecular weight is 430 g/mol. The molecule has 0 radical (unpaired) electrons. The fourth-order valence-electron chi connectivity index (χ4n) is 4.32. The van der Waals surface area contributed by atoms with E-state index in [1.807, 2.05) is 12.4 Å². The molecule has 168 valence electrons. The first-order valence-corrected chi connectivity index (χ1v) is 10.5. The van der Waals surface area contributed by atoms with Crippen molar-refractivity contribution in [3.63, 3.8) is 0 Å². The molecule has 1 atom stereocenters. The number of rotatable bonds is 3. The Bertz CT molecular complexity index is 700. The highest BCUT2D eigenvalue weighted by atomic mass is 19.4. The summed E-state index contributed by atoms with van der Waals surface area (Å²) in [5.41, 5.74) is 1.32. The monoisotopic (exact) mass is 430 g/mol. The van der Waals surface area contributed by atoms with Gasteiger partial charge in [-0.05, 0) is 57.2 Å². The van der Waals surface area contributed by atoms with Crippen LogP contribution in [0.3, 0.4) is 0 Å². The van der Waals surface area contributed by atoms with E-state index in [-0.39, 0.29) is 5.60 Å². The molecule has 7 nitrogen and oxygen atoms in total. The number of carbonyl (C=O) groups is 1. The molecule has 4 heterocycles. The molecular weight excluding hydrogens is 401 g/mol. The summed E-state index contributed by atoms with van der Waals surface area (Å²) in [6, 6.07) is 0.657. The summed E-state index contributed by atoms with van der Waals surface area (Å²) in [6.07, 6.45) is 5.99. The Morgan fingerprint density at radius 3 is 2.27 bits per heavy atom. The molecule has 1 aromatic heterocycles. The minimum Gasteiger partial charge on any atom is -0.475 e. The Balaban J connectivity index is 0.000000318. The molecule has 0 saturated carbocycles. The second kappa shape index (κ2) is 9.47. The number of halogens is 3. The third kappa shape index (κ3) is 5.60. The molecule has 1 spiro atoms.